The maximum Gasteiger partial charge on any atom is 0.215 e. The lowest BCUT2D eigenvalue weighted by Crippen LogP contribution is -2.34. The summed E-state index contributed by atoms with van der Waals surface area (Å²) in [5.41, 5.74) is 0.710. The van der Waals surface area contributed by atoms with Crippen LogP contribution in [0.2, 0.25) is 10.0 Å². The summed E-state index contributed by atoms with van der Waals surface area (Å²) in [4.78, 5) is 4.13. The Morgan fingerprint density at radius 2 is 2.00 bits per heavy atom. The number of aromatic nitrogens is 2. The highest BCUT2D eigenvalue weighted by Crippen LogP contribution is 2.41. The van der Waals surface area contributed by atoms with E-state index in [9.17, 15) is 0 Å². The summed E-state index contributed by atoms with van der Waals surface area (Å²) in [5.74, 6) is -0.339. The molecule has 4 aromatic rings. The first-order valence-electron chi connectivity index (χ1n) is 10.2. The maximum atomic E-state index is 6.54. The van der Waals surface area contributed by atoms with Crippen LogP contribution in [0.15, 0.2) is 76.2 Å². The van der Waals surface area contributed by atoms with E-state index in [4.69, 9.17) is 37.4 Å². The number of hydrogen-bond donors (Lipinski definition) is 0. The van der Waals surface area contributed by atoms with Gasteiger partial charge in [0.25, 0.3) is 0 Å². The lowest BCUT2D eigenvalue weighted by Gasteiger charge is -2.30. The molecule has 3 aromatic carbocycles. The molecule has 2 atom stereocenters. The van der Waals surface area contributed by atoms with Gasteiger partial charge in [0.2, 0.25) is 5.79 Å². The summed E-state index contributed by atoms with van der Waals surface area (Å²) in [5, 5.41) is 3.21. The zero-order chi connectivity index (χ0) is 23.0. The number of fused-ring (bicyclic) bond motifs is 1. The molecule has 1 aliphatic rings. The predicted octanol–water partition coefficient (Wildman–Crippen LogP) is 7.22. The number of ether oxygens (including phenoxy) is 3. The molecule has 9 heteroatoms. The van der Waals surface area contributed by atoms with Crippen molar-refractivity contribution >= 4 is 65.8 Å². The van der Waals surface area contributed by atoms with Crippen LogP contribution >= 0.6 is 55.1 Å². The molecule has 0 saturated carbocycles. The van der Waals surface area contributed by atoms with Crippen LogP contribution in [0.3, 0.4) is 0 Å². The second-order valence-electron chi connectivity index (χ2n) is 7.72. The third-order valence-electron chi connectivity index (χ3n) is 5.46. The lowest BCUT2D eigenvalue weighted by molar-refractivity contribution is -0.189. The molecule has 1 aliphatic heterocycles. The summed E-state index contributed by atoms with van der Waals surface area (Å²) in [6.07, 6.45) is 4.98. The topological polar surface area (TPSA) is 45.5 Å². The van der Waals surface area contributed by atoms with Gasteiger partial charge >= 0.3 is 0 Å². The second kappa shape index (κ2) is 9.56. The van der Waals surface area contributed by atoms with Gasteiger partial charge in [-0.2, -0.15) is 0 Å². The average molecular weight is 613 g/mol. The molecule has 170 valence electrons. The zero-order valence-corrected chi connectivity index (χ0v) is 21.9. The van der Waals surface area contributed by atoms with Crippen molar-refractivity contribution in [2.75, 3.05) is 13.2 Å². The van der Waals surface area contributed by atoms with Crippen molar-refractivity contribution in [2.24, 2.45) is 0 Å². The largest absolute Gasteiger partial charge is 0.490 e. The van der Waals surface area contributed by atoms with Crippen LogP contribution in [0.25, 0.3) is 10.8 Å². The van der Waals surface area contributed by atoms with Crippen LogP contribution < -0.4 is 4.74 Å². The van der Waals surface area contributed by atoms with Gasteiger partial charge in [0.15, 0.2) is 0 Å². The Kier molecular flexibility index (Phi) is 6.71. The Morgan fingerprint density at radius 3 is 2.79 bits per heavy atom. The van der Waals surface area contributed by atoms with E-state index in [-0.39, 0.29) is 6.10 Å². The van der Waals surface area contributed by atoms with Gasteiger partial charge in [0, 0.05) is 27.5 Å². The van der Waals surface area contributed by atoms with Crippen LogP contribution in [-0.4, -0.2) is 28.9 Å². The smallest absolute Gasteiger partial charge is 0.215 e. The molecule has 5 nitrogen and oxygen atoms in total. The first-order valence-corrected chi connectivity index (χ1v) is 12.5. The molecule has 5 rings (SSSR count). The zero-order valence-electron chi connectivity index (χ0n) is 17.2. The summed E-state index contributed by atoms with van der Waals surface area (Å²) in [6, 6.07) is 15.4. The van der Waals surface area contributed by atoms with Crippen LogP contribution in [0.4, 0.5) is 0 Å². The Labute approximate surface area is 217 Å². The molecule has 1 fully saturated rings. The summed E-state index contributed by atoms with van der Waals surface area (Å²) in [7, 11) is 0. The minimum absolute atomic E-state index is 0.298. The van der Waals surface area contributed by atoms with Gasteiger partial charge in [-0.05, 0) is 57.0 Å². The molecule has 2 heterocycles. The highest BCUT2D eigenvalue weighted by molar-refractivity contribution is 9.11. The van der Waals surface area contributed by atoms with E-state index in [1.807, 2.05) is 41.1 Å². The number of benzene rings is 3. The molecular formula is C24H18Br2Cl2N2O3. The Balaban J connectivity index is 1.37. The van der Waals surface area contributed by atoms with E-state index >= 15 is 0 Å². The minimum Gasteiger partial charge on any atom is -0.490 e. The molecule has 0 amide bonds. The van der Waals surface area contributed by atoms with Gasteiger partial charge in [-0.1, -0.05) is 57.3 Å². The molecule has 2 unspecified atom stereocenters. The molecule has 1 saturated heterocycles. The van der Waals surface area contributed by atoms with Gasteiger partial charge < -0.3 is 18.8 Å². The third kappa shape index (κ3) is 4.81. The van der Waals surface area contributed by atoms with E-state index in [2.05, 4.69) is 42.9 Å². The molecule has 33 heavy (non-hydrogen) atoms. The quantitative estimate of drug-likeness (QED) is 0.231. The van der Waals surface area contributed by atoms with Crippen molar-refractivity contribution in [3.8, 4) is 5.75 Å². The van der Waals surface area contributed by atoms with E-state index in [1.165, 1.54) is 0 Å². The second-order valence-corrected chi connectivity index (χ2v) is 10.3. The number of hydrogen-bond acceptors (Lipinski definition) is 4. The fourth-order valence-electron chi connectivity index (χ4n) is 3.91. The van der Waals surface area contributed by atoms with Crippen molar-refractivity contribution in [1.82, 2.24) is 9.55 Å². The van der Waals surface area contributed by atoms with Gasteiger partial charge in [-0.25, -0.2) is 4.98 Å². The van der Waals surface area contributed by atoms with E-state index in [1.54, 1.807) is 24.7 Å². The number of imidazole rings is 1. The highest BCUT2D eigenvalue weighted by Gasteiger charge is 2.45. The van der Waals surface area contributed by atoms with E-state index in [0.29, 0.717) is 35.4 Å². The minimum atomic E-state index is -1.08. The van der Waals surface area contributed by atoms with Crippen LogP contribution in [0.5, 0.6) is 5.75 Å². The van der Waals surface area contributed by atoms with Crippen molar-refractivity contribution in [1.29, 1.82) is 0 Å². The predicted molar refractivity (Wildman–Crippen MR) is 136 cm³/mol. The van der Waals surface area contributed by atoms with Gasteiger partial charge in [0.05, 0.1) is 29.0 Å². The first-order chi connectivity index (χ1) is 15.9. The van der Waals surface area contributed by atoms with E-state index < -0.39 is 5.79 Å². The molecule has 0 aliphatic carbocycles. The third-order valence-corrected chi connectivity index (χ3v) is 7.32. The fourth-order valence-corrected chi connectivity index (χ4v) is 5.45. The monoisotopic (exact) mass is 610 g/mol. The van der Waals surface area contributed by atoms with Crippen LogP contribution in [0.1, 0.15) is 5.56 Å². The Morgan fingerprint density at radius 1 is 1.12 bits per heavy atom. The Hall–Kier alpha value is -1.61. The van der Waals surface area contributed by atoms with Gasteiger partial charge in [-0.15, -0.1) is 0 Å². The fraction of sp³-hybridized carbons (Fsp3) is 0.208. The van der Waals surface area contributed by atoms with Crippen molar-refractivity contribution in [3.63, 3.8) is 0 Å². The average Bonchev–Trinajstić information content (AvgIpc) is 3.44. The number of halogens is 4. The molecule has 1 aromatic heterocycles. The van der Waals surface area contributed by atoms with Crippen LogP contribution in [-0.2, 0) is 21.8 Å². The van der Waals surface area contributed by atoms with Crippen molar-refractivity contribution < 1.29 is 14.2 Å². The molecule has 0 spiro atoms. The summed E-state index contributed by atoms with van der Waals surface area (Å²) < 4.78 is 22.6. The molecule has 0 N–H and O–H groups in total. The standard InChI is InChI=1S/C24H18Br2Cl2N2O3/c25-16-2-4-19-15(9-16)1-6-22(23(19)26)31-11-18-12-32-24(33-18,13-30-8-7-29-14-30)20-5-3-17(27)10-21(20)28/h1-10,14,18H,11-13H2. The molecular weight excluding hydrogens is 595 g/mol. The molecule has 0 radical (unpaired) electrons. The van der Waals surface area contributed by atoms with Crippen LogP contribution in [0, 0.1) is 0 Å². The Bertz CT molecular complexity index is 1300. The van der Waals surface area contributed by atoms with Crippen molar-refractivity contribution in [2.45, 2.75) is 18.4 Å². The normalized spacial score (nSPS) is 20.4. The number of nitrogens with zero attached hydrogens (tertiary/aromatic N) is 2. The maximum absolute atomic E-state index is 6.54. The summed E-state index contributed by atoms with van der Waals surface area (Å²) >= 11 is 19.8. The van der Waals surface area contributed by atoms with Gasteiger partial charge in [-0.3, -0.25) is 0 Å². The lowest BCUT2D eigenvalue weighted by atomic mass is 10.1. The summed E-state index contributed by atoms with van der Waals surface area (Å²) in [6.45, 7) is 1.06. The highest BCUT2D eigenvalue weighted by atomic mass is 79.9. The van der Waals surface area contributed by atoms with Gasteiger partial charge in [0.1, 0.15) is 18.5 Å². The van der Waals surface area contributed by atoms with Crippen molar-refractivity contribution in [3.05, 3.63) is 91.8 Å². The molecule has 0 bridgehead atoms. The number of rotatable bonds is 6. The first kappa shape index (κ1) is 23.1. The SMILES string of the molecule is Clc1ccc(C2(Cn3ccnc3)OCC(COc3ccc4cc(Br)ccc4c3Br)O2)c(Cl)c1. The van der Waals surface area contributed by atoms with E-state index in [0.717, 1.165) is 25.5 Å².